The predicted octanol–water partition coefficient (Wildman–Crippen LogP) is 2.35. The van der Waals surface area contributed by atoms with E-state index < -0.39 is 43.6 Å². The Balaban J connectivity index is 1.37. The number of ketones is 1. The number of likely N-dealkylation sites (tertiary alicyclic amines) is 1. The first-order valence-electron chi connectivity index (χ1n) is 12.2. The molecule has 2 saturated carbocycles. The van der Waals surface area contributed by atoms with Crippen LogP contribution in [-0.2, 0) is 36.2 Å². The Bertz CT molecular complexity index is 1610. The second-order valence-electron chi connectivity index (χ2n) is 10.4. The molecule has 1 amide bonds. The lowest BCUT2D eigenvalue weighted by molar-refractivity contribution is -0.153. The summed E-state index contributed by atoms with van der Waals surface area (Å²) in [6.45, 7) is 0.171. The summed E-state index contributed by atoms with van der Waals surface area (Å²) in [4.78, 5) is 29.1. The van der Waals surface area contributed by atoms with Crippen LogP contribution in [0.15, 0.2) is 51.8 Å². The van der Waals surface area contributed by atoms with Crippen LogP contribution in [0.5, 0.6) is 0 Å². The smallest absolute Gasteiger partial charge is 0.286 e. The van der Waals surface area contributed by atoms with Crippen LogP contribution in [0.1, 0.15) is 24.8 Å². The van der Waals surface area contributed by atoms with Gasteiger partial charge in [-0.2, -0.15) is 8.42 Å². The number of nitrogens with zero attached hydrogens (tertiary/aromatic N) is 2. The highest BCUT2D eigenvalue weighted by Gasteiger charge is 2.60. The van der Waals surface area contributed by atoms with Gasteiger partial charge in [0.15, 0.2) is 11.7 Å². The third-order valence-electron chi connectivity index (χ3n) is 7.96. The molecule has 38 heavy (non-hydrogen) atoms. The van der Waals surface area contributed by atoms with E-state index in [2.05, 4.69) is 14.4 Å². The van der Waals surface area contributed by atoms with Crippen molar-refractivity contribution in [3.8, 4) is 0 Å². The number of benzene rings is 2. The summed E-state index contributed by atoms with van der Waals surface area (Å²) in [6.07, 6.45) is 3.57. The van der Waals surface area contributed by atoms with E-state index in [4.69, 9.17) is 0 Å². The normalized spacial score (nSPS) is 29.4. The maximum absolute atomic E-state index is 13.9. The molecule has 0 spiro atoms. The number of amides is 1. The van der Waals surface area contributed by atoms with Crippen LogP contribution >= 0.6 is 0 Å². The van der Waals surface area contributed by atoms with E-state index in [1.54, 1.807) is 17.0 Å². The maximum atomic E-state index is 13.9. The fourth-order valence-electron chi connectivity index (χ4n) is 6.54. The average Bonchev–Trinajstić information content (AvgIpc) is 3.45. The highest BCUT2D eigenvalue weighted by Crippen LogP contribution is 2.54. The maximum Gasteiger partial charge on any atom is 0.286 e. The first-order valence-corrected chi connectivity index (χ1v) is 15.6. The van der Waals surface area contributed by atoms with Crippen LogP contribution < -0.4 is 10.0 Å². The molecule has 200 valence electrons. The molecule has 10 nitrogen and oxygen atoms in total. The number of halogens is 1. The van der Waals surface area contributed by atoms with E-state index >= 15 is 0 Å². The lowest BCUT2D eigenvalue weighted by atomic mass is 9.73. The lowest BCUT2D eigenvalue weighted by Gasteiger charge is -2.45. The van der Waals surface area contributed by atoms with Gasteiger partial charge >= 0.3 is 0 Å². The van der Waals surface area contributed by atoms with Crippen molar-refractivity contribution in [1.29, 1.82) is 0 Å². The van der Waals surface area contributed by atoms with Crippen LogP contribution in [0.3, 0.4) is 0 Å². The van der Waals surface area contributed by atoms with Crippen molar-refractivity contribution in [2.75, 3.05) is 16.3 Å². The molecule has 2 N–H and O–H groups in total. The monoisotopic (exact) mass is 560 g/mol. The number of rotatable bonds is 5. The average molecular weight is 561 g/mol. The van der Waals surface area contributed by atoms with Gasteiger partial charge in [0, 0.05) is 24.2 Å². The summed E-state index contributed by atoms with van der Waals surface area (Å²) in [5, 5.41) is 2.86. The van der Waals surface area contributed by atoms with E-state index in [1.165, 1.54) is 24.3 Å². The van der Waals surface area contributed by atoms with Gasteiger partial charge in [0.25, 0.3) is 10.0 Å². The molecule has 2 bridgehead atoms. The van der Waals surface area contributed by atoms with Crippen LogP contribution in [0.4, 0.5) is 15.8 Å². The van der Waals surface area contributed by atoms with E-state index in [-0.39, 0.29) is 52.3 Å². The number of piperidine rings is 1. The molecular weight excluding hydrogens is 535 g/mol. The molecule has 2 aliphatic carbocycles. The number of hydrogen-bond acceptors (Lipinski definition) is 7. The predicted molar refractivity (Wildman–Crippen MR) is 137 cm³/mol. The van der Waals surface area contributed by atoms with E-state index in [9.17, 15) is 30.8 Å². The zero-order chi connectivity index (χ0) is 27.0. The Morgan fingerprint density at radius 2 is 1.82 bits per heavy atom. The summed E-state index contributed by atoms with van der Waals surface area (Å²) in [7, 11) is -8.00. The van der Waals surface area contributed by atoms with Gasteiger partial charge in [-0.15, -0.1) is 4.40 Å². The van der Waals surface area contributed by atoms with Crippen LogP contribution in [-0.4, -0.2) is 51.6 Å². The second kappa shape index (κ2) is 8.60. The largest absolute Gasteiger partial charge is 0.341 e. The third-order valence-corrected chi connectivity index (χ3v) is 9.90. The third kappa shape index (κ3) is 4.17. The molecular formula is C25H25FN4O6S2. The summed E-state index contributed by atoms with van der Waals surface area (Å²) in [5.74, 6) is -3.08. The Hall–Kier alpha value is -3.32. The minimum absolute atomic E-state index is 0.0374. The molecule has 6 rings (SSSR count). The number of carbonyl (C=O) groups is 2. The number of sulfonamides is 2. The summed E-state index contributed by atoms with van der Waals surface area (Å²) in [5.41, 5.74) is 0.835. The number of amidine groups is 1. The van der Waals surface area contributed by atoms with Crippen molar-refractivity contribution >= 4 is 48.9 Å². The molecule has 2 aliphatic heterocycles. The number of fused-ring (bicyclic) bond motifs is 6. The van der Waals surface area contributed by atoms with Gasteiger partial charge < -0.3 is 10.2 Å². The Labute approximate surface area is 219 Å². The van der Waals surface area contributed by atoms with Gasteiger partial charge in [0.05, 0.1) is 11.9 Å². The molecule has 1 saturated heterocycles. The molecule has 4 aliphatic rings. The Morgan fingerprint density at radius 1 is 1.11 bits per heavy atom. The van der Waals surface area contributed by atoms with Crippen molar-refractivity contribution in [3.63, 3.8) is 0 Å². The number of anilines is 2. The molecule has 2 aromatic carbocycles. The number of nitrogens with one attached hydrogen (secondary N) is 2. The van der Waals surface area contributed by atoms with E-state index in [0.717, 1.165) is 31.6 Å². The van der Waals surface area contributed by atoms with Crippen LogP contribution in [0.25, 0.3) is 0 Å². The number of Topliss-reactive ketones (excluding diaryl/α,β-unsaturated/α-hetero) is 1. The summed E-state index contributed by atoms with van der Waals surface area (Å²) in [6, 6.07) is 9.41. The zero-order valence-corrected chi connectivity index (χ0v) is 21.9. The van der Waals surface area contributed by atoms with E-state index in [0.29, 0.717) is 5.56 Å². The van der Waals surface area contributed by atoms with Crippen LogP contribution in [0.2, 0.25) is 0 Å². The number of carbonyl (C=O) groups excluding carboxylic acids is 2. The lowest BCUT2D eigenvalue weighted by Crippen LogP contribution is -2.61. The first kappa shape index (κ1) is 25.0. The Kier molecular flexibility index (Phi) is 5.65. The zero-order valence-electron chi connectivity index (χ0n) is 20.3. The van der Waals surface area contributed by atoms with Gasteiger partial charge in [-0.3, -0.25) is 14.3 Å². The molecule has 2 aromatic rings. The van der Waals surface area contributed by atoms with Gasteiger partial charge in [-0.05, 0) is 67.0 Å². The number of hydrogen-bond donors (Lipinski definition) is 2. The molecule has 2 heterocycles. The molecule has 0 aromatic heterocycles. The van der Waals surface area contributed by atoms with Gasteiger partial charge in [-0.1, -0.05) is 12.1 Å². The minimum Gasteiger partial charge on any atom is -0.341 e. The highest BCUT2D eigenvalue weighted by molar-refractivity contribution is 7.92. The quantitative estimate of drug-likeness (QED) is 0.535. The van der Waals surface area contributed by atoms with Crippen molar-refractivity contribution in [1.82, 2.24) is 4.90 Å². The van der Waals surface area contributed by atoms with E-state index in [1.807, 2.05) is 0 Å². The van der Waals surface area contributed by atoms with Gasteiger partial charge in [-0.25, -0.2) is 12.8 Å². The van der Waals surface area contributed by atoms with Gasteiger partial charge in [0.2, 0.25) is 15.9 Å². The summed E-state index contributed by atoms with van der Waals surface area (Å²) >= 11 is 0. The minimum atomic E-state index is -4.35. The van der Waals surface area contributed by atoms with Crippen molar-refractivity contribution < 1.29 is 30.8 Å². The first-order chi connectivity index (χ1) is 17.9. The molecule has 13 heteroatoms. The van der Waals surface area contributed by atoms with Crippen molar-refractivity contribution in [2.45, 2.75) is 36.7 Å². The standard InChI is InChI=1S/C25H25FN4O6S2/c1-37(33,34)28-17-8-9-18-19(11-17)38(35,36)29-24(27-18)21-23(31)20-14-4-5-15(10-14)22(20)30(25(21)32)12-13-2-6-16(26)7-3-13/h2-3,6-9,11,14-15,20-22,28H,4-5,10,12H2,1H3,(H,27,29). The second-order valence-corrected chi connectivity index (χ2v) is 13.8. The van der Waals surface area contributed by atoms with Crippen LogP contribution in [0, 0.1) is 29.5 Å². The van der Waals surface area contributed by atoms with Gasteiger partial charge in [0.1, 0.15) is 16.5 Å². The molecule has 3 fully saturated rings. The van der Waals surface area contributed by atoms with Crippen molar-refractivity contribution in [2.24, 2.45) is 28.1 Å². The molecule has 0 radical (unpaired) electrons. The highest BCUT2D eigenvalue weighted by atomic mass is 32.2. The molecule has 5 unspecified atom stereocenters. The fourth-order valence-corrected chi connectivity index (χ4v) is 8.28. The SMILES string of the molecule is CS(=O)(=O)Nc1ccc2c(c1)S(=O)(=O)N=C(C1C(=O)C3C4CCC(C4)C3N(Cc3ccc(F)cc3)C1=O)N2. The topological polar surface area (TPSA) is 142 Å². The Morgan fingerprint density at radius 3 is 2.53 bits per heavy atom. The van der Waals surface area contributed by atoms with Crippen molar-refractivity contribution in [3.05, 3.63) is 53.8 Å². The molecule has 5 atom stereocenters. The summed E-state index contributed by atoms with van der Waals surface area (Å²) < 4.78 is 69.0. The fraction of sp³-hybridized carbons (Fsp3) is 0.400.